The van der Waals surface area contributed by atoms with Crippen LogP contribution >= 0.6 is 0 Å². The second-order valence-electron chi connectivity index (χ2n) is 19.8. The maximum absolute atomic E-state index is 4.33. The fourth-order valence-electron chi connectivity index (χ4n) is 14.4. The van der Waals surface area contributed by atoms with Gasteiger partial charge < -0.3 is 0 Å². The van der Waals surface area contributed by atoms with E-state index in [1.165, 1.54) is 108 Å². The molecule has 0 amide bonds. The molecule has 0 unspecified atom stereocenters. The van der Waals surface area contributed by atoms with Crippen LogP contribution in [0.4, 0.5) is 51.2 Å². The van der Waals surface area contributed by atoms with Crippen LogP contribution in [-0.4, -0.2) is 13.3 Å². The number of benzene rings is 11. The summed E-state index contributed by atoms with van der Waals surface area (Å²) in [5.41, 5.74) is 20.2. The SMILES string of the molecule is c1ccc(N2c3ccc4c5[c]3[Ge]3([c]6ccccc6)[c]6c(cccc6N6c7ccccc7C(c7ccccc7)(c7ccccc7)c7ccc2[c]3c76)N5c2ccccc2C4(c2ccccc2)c2ccccc2)cc1. The third-order valence-electron chi connectivity index (χ3n) is 16.8. The van der Waals surface area contributed by atoms with Crippen LogP contribution in [0.5, 0.6) is 0 Å². The zero-order valence-corrected chi connectivity index (χ0v) is 41.4. The van der Waals surface area contributed by atoms with Crippen molar-refractivity contribution in [3.05, 3.63) is 317 Å². The molecule has 0 aliphatic carbocycles. The van der Waals surface area contributed by atoms with Gasteiger partial charge in [0.1, 0.15) is 0 Å². The van der Waals surface area contributed by atoms with Crippen molar-refractivity contribution in [3.63, 3.8) is 0 Å². The standard InChI is InChI=1S/C68H45GeN3/c1-7-24-46(25-8-1)67(47-26-9-2-10-27-47)52-36-19-21-38-56(52)71-58-40-23-41-59-62(58)69(50-32-15-5-16-33-50)63-60(44-42-54(67)65(63)71)70(51-34-17-6-18-35-51)61-45-43-55-66(64(61)69)72(59)57-39-22-20-37-53(57)68(55,48-28-11-3-12-29-48)49-30-13-4-14-31-49/h1-45H. The van der Waals surface area contributed by atoms with Crippen molar-refractivity contribution in [1.82, 2.24) is 0 Å². The molecule has 0 bridgehead atoms. The predicted octanol–water partition coefficient (Wildman–Crippen LogP) is 13.8. The van der Waals surface area contributed by atoms with E-state index in [9.17, 15) is 0 Å². The second kappa shape index (κ2) is 14.7. The van der Waals surface area contributed by atoms with Gasteiger partial charge in [-0.2, -0.15) is 0 Å². The summed E-state index contributed by atoms with van der Waals surface area (Å²) in [7, 11) is 0. The Morgan fingerprint density at radius 3 is 0.986 bits per heavy atom. The third-order valence-corrected chi connectivity index (χ3v) is 27.2. The van der Waals surface area contributed by atoms with Crippen LogP contribution in [0.25, 0.3) is 0 Å². The van der Waals surface area contributed by atoms with E-state index < -0.39 is 24.1 Å². The molecular weight excluding hydrogens is 931 g/mol. The molecule has 5 aliphatic rings. The van der Waals surface area contributed by atoms with Gasteiger partial charge in [-0.05, 0) is 0 Å². The van der Waals surface area contributed by atoms with Gasteiger partial charge in [0.25, 0.3) is 0 Å². The minimum absolute atomic E-state index is 0.640. The van der Waals surface area contributed by atoms with E-state index >= 15 is 0 Å². The number of rotatable bonds is 6. The van der Waals surface area contributed by atoms with E-state index in [2.05, 4.69) is 288 Å². The molecule has 5 aliphatic heterocycles. The van der Waals surface area contributed by atoms with Crippen molar-refractivity contribution < 1.29 is 0 Å². The molecule has 0 atom stereocenters. The fraction of sp³-hybridized carbons (Fsp3) is 0.0294. The van der Waals surface area contributed by atoms with Crippen LogP contribution in [-0.2, 0) is 10.8 Å². The van der Waals surface area contributed by atoms with Crippen LogP contribution in [0.1, 0.15) is 44.5 Å². The van der Waals surface area contributed by atoms with Gasteiger partial charge in [0.05, 0.1) is 0 Å². The summed E-state index contributed by atoms with van der Waals surface area (Å²) in [6.07, 6.45) is 0. The number of nitrogens with zero attached hydrogens (tertiary/aromatic N) is 3. The molecule has 0 aromatic heterocycles. The number of para-hydroxylation sites is 3. The fourth-order valence-corrected chi connectivity index (χ4v) is 26.7. The first-order chi connectivity index (χ1) is 35.8. The quantitative estimate of drug-likeness (QED) is 0.154. The van der Waals surface area contributed by atoms with Crippen LogP contribution in [0.3, 0.4) is 0 Å². The maximum atomic E-state index is 2.70. The summed E-state index contributed by atoms with van der Waals surface area (Å²) in [6.45, 7) is 0. The summed E-state index contributed by atoms with van der Waals surface area (Å²) in [5, 5.41) is 0. The first-order valence-corrected chi connectivity index (χ1v) is 29.4. The molecule has 5 heterocycles. The van der Waals surface area contributed by atoms with Gasteiger partial charge in [-0.3, -0.25) is 0 Å². The van der Waals surface area contributed by atoms with Crippen molar-refractivity contribution in [2.24, 2.45) is 0 Å². The van der Waals surface area contributed by atoms with Crippen LogP contribution in [0.2, 0.25) is 0 Å². The van der Waals surface area contributed by atoms with Crippen molar-refractivity contribution in [1.29, 1.82) is 0 Å². The number of hydrogen-bond donors (Lipinski definition) is 0. The molecule has 0 saturated heterocycles. The molecule has 336 valence electrons. The molecule has 11 aromatic carbocycles. The monoisotopic (exact) mass is 977 g/mol. The topological polar surface area (TPSA) is 9.72 Å². The van der Waals surface area contributed by atoms with Gasteiger partial charge in [0.15, 0.2) is 0 Å². The molecular formula is C68H45GeN3. The molecule has 0 N–H and O–H groups in total. The summed E-state index contributed by atoms with van der Waals surface area (Å²) in [6, 6.07) is 104. The Balaban J connectivity index is 1.17. The van der Waals surface area contributed by atoms with Gasteiger partial charge in [-0.1, -0.05) is 0 Å². The van der Waals surface area contributed by atoms with Crippen molar-refractivity contribution in [2.75, 3.05) is 14.7 Å². The Labute approximate surface area is 422 Å². The zero-order valence-electron chi connectivity index (χ0n) is 39.3. The van der Waals surface area contributed by atoms with Gasteiger partial charge in [0.2, 0.25) is 0 Å². The summed E-state index contributed by atoms with van der Waals surface area (Å²) in [5.74, 6) is 0. The average Bonchev–Trinajstić information content (AvgIpc) is 3.46. The first kappa shape index (κ1) is 40.1. The number of fused-ring (bicyclic) bond motifs is 6. The van der Waals surface area contributed by atoms with Crippen LogP contribution in [0, 0.1) is 0 Å². The van der Waals surface area contributed by atoms with E-state index in [-0.39, 0.29) is 0 Å². The molecule has 0 radical (unpaired) electrons. The molecule has 0 fully saturated rings. The molecule has 0 spiro atoms. The van der Waals surface area contributed by atoms with E-state index in [1.54, 1.807) is 0 Å². The van der Waals surface area contributed by atoms with Gasteiger partial charge in [-0.15, -0.1) is 0 Å². The summed E-state index contributed by atoms with van der Waals surface area (Å²) >= 11 is -4.33. The summed E-state index contributed by atoms with van der Waals surface area (Å²) < 4.78 is 5.89. The van der Waals surface area contributed by atoms with Crippen molar-refractivity contribution in [2.45, 2.75) is 10.8 Å². The average molecular weight is 977 g/mol. The van der Waals surface area contributed by atoms with E-state index in [0.29, 0.717) is 0 Å². The van der Waals surface area contributed by atoms with Crippen LogP contribution < -0.4 is 32.3 Å². The molecule has 72 heavy (non-hydrogen) atoms. The third kappa shape index (κ3) is 4.73. The molecule has 16 rings (SSSR count). The predicted molar refractivity (Wildman–Crippen MR) is 299 cm³/mol. The van der Waals surface area contributed by atoms with E-state index in [0.717, 1.165) is 5.69 Å². The van der Waals surface area contributed by atoms with E-state index in [4.69, 9.17) is 0 Å². The Bertz CT molecular complexity index is 3700. The number of hydrogen-bond acceptors (Lipinski definition) is 3. The van der Waals surface area contributed by atoms with Gasteiger partial charge >= 0.3 is 425 Å². The van der Waals surface area contributed by atoms with Gasteiger partial charge in [0, 0.05) is 0 Å². The minimum atomic E-state index is -4.33. The van der Waals surface area contributed by atoms with Crippen molar-refractivity contribution in [3.8, 4) is 0 Å². The Morgan fingerprint density at radius 2 is 0.569 bits per heavy atom. The van der Waals surface area contributed by atoms with Crippen LogP contribution in [0.15, 0.2) is 273 Å². The zero-order chi connectivity index (χ0) is 47.2. The molecule has 4 heteroatoms. The normalized spacial score (nSPS) is 15.8. The number of anilines is 9. The molecule has 11 aromatic rings. The Hall–Kier alpha value is -8.64. The first-order valence-electron chi connectivity index (χ1n) is 25.2. The molecule has 0 saturated carbocycles. The summed E-state index contributed by atoms with van der Waals surface area (Å²) in [4.78, 5) is 8.04. The van der Waals surface area contributed by atoms with Crippen molar-refractivity contribution >= 4 is 82.0 Å². The second-order valence-corrected chi connectivity index (χ2v) is 27.3. The van der Waals surface area contributed by atoms with Gasteiger partial charge in [-0.25, -0.2) is 0 Å². The van der Waals surface area contributed by atoms with E-state index in [1.807, 2.05) is 0 Å². The Kier molecular flexibility index (Phi) is 8.20. The molecule has 3 nitrogen and oxygen atoms in total. The Morgan fingerprint density at radius 1 is 0.236 bits per heavy atom.